The van der Waals surface area contributed by atoms with Crippen molar-refractivity contribution in [2.24, 2.45) is 5.92 Å². The molecule has 1 saturated carbocycles. The van der Waals surface area contributed by atoms with Gasteiger partial charge in [0.1, 0.15) is 0 Å². The number of pyridine rings is 1. The summed E-state index contributed by atoms with van der Waals surface area (Å²) in [5.41, 5.74) is 2.72. The van der Waals surface area contributed by atoms with Gasteiger partial charge in [-0.1, -0.05) is 55.7 Å². The van der Waals surface area contributed by atoms with Crippen LogP contribution in [0.5, 0.6) is 0 Å². The van der Waals surface area contributed by atoms with Gasteiger partial charge in [-0.15, -0.1) is 0 Å². The SMILES string of the molecule is c1ccc(C[C](CC2CCC2)c2cccnc2)cc1. The smallest absolute Gasteiger partial charge is 0.0305 e. The van der Waals surface area contributed by atoms with E-state index in [-0.39, 0.29) is 0 Å². The Labute approximate surface area is 115 Å². The maximum atomic E-state index is 4.28. The van der Waals surface area contributed by atoms with Crippen LogP contribution in [0.2, 0.25) is 0 Å². The molecular weight excluding hydrogens is 230 g/mol. The van der Waals surface area contributed by atoms with Gasteiger partial charge in [0.2, 0.25) is 0 Å². The second-order valence-electron chi connectivity index (χ2n) is 5.51. The van der Waals surface area contributed by atoms with E-state index in [1.54, 1.807) is 5.92 Å². The second kappa shape index (κ2) is 6.01. The molecule has 97 valence electrons. The van der Waals surface area contributed by atoms with Crippen LogP contribution in [0.3, 0.4) is 0 Å². The average Bonchev–Trinajstić information content (AvgIpc) is 2.43. The van der Waals surface area contributed by atoms with E-state index in [9.17, 15) is 0 Å². The summed E-state index contributed by atoms with van der Waals surface area (Å²) in [4.78, 5) is 4.28. The van der Waals surface area contributed by atoms with Crippen molar-refractivity contribution in [2.45, 2.75) is 32.1 Å². The average molecular weight is 250 g/mol. The highest BCUT2D eigenvalue weighted by Gasteiger charge is 2.23. The van der Waals surface area contributed by atoms with Crippen LogP contribution in [0.25, 0.3) is 0 Å². The van der Waals surface area contributed by atoms with Gasteiger partial charge in [-0.25, -0.2) is 0 Å². The van der Waals surface area contributed by atoms with E-state index in [1.807, 2.05) is 18.5 Å². The van der Waals surface area contributed by atoms with Crippen molar-refractivity contribution in [1.82, 2.24) is 4.98 Å². The molecule has 0 unspecified atom stereocenters. The van der Waals surface area contributed by atoms with E-state index < -0.39 is 0 Å². The van der Waals surface area contributed by atoms with Gasteiger partial charge in [0.25, 0.3) is 0 Å². The molecule has 3 rings (SSSR count). The summed E-state index contributed by atoms with van der Waals surface area (Å²) in [6.07, 6.45) is 10.4. The Hall–Kier alpha value is -1.63. The Kier molecular flexibility index (Phi) is 3.92. The van der Waals surface area contributed by atoms with E-state index in [2.05, 4.69) is 41.4 Å². The largest absolute Gasteiger partial charge is 0.264 e. The number of nitrogens with zero attached hydrogens (tertiary/aromatic N) is 1. The number of benzene rings is 1. The third kappa shape index (κ3) is 3.23. The molecule has 1 fully saturated rings. The summed E-state index contributed by atoms with van der Waals surface area (Å²) in [7, 11) is 0. The molecule has 0 atom stereocenters. The van der Waals surface area contributed by atoms with Crippen molar-refractivity contribution in [1.29, 1.82) is 0 Å². The lowest BCUT2D eigenvalue weighted by molar-refractivity contribution is 0.302. The molecule has 0 saturated heterocycles. The topological polar surface area (TPSA) is 12.9 Å². The van der Waals surface area contributed by atoms with Gasteiger partial charge in [-0.2, -0.15) is 0 Å². The van der Waals surface area contributed by atoms with Gasteiger partial charge >= 0.3 is 0 Å². The second-order valence-corrected chi connectivity index (χ2v) is 5.51. The minimum absolute atomic E-state index is 0.902. The molecule has 0 spiro atoms. The molecule has 0 amide bonds. The summed E-state index contributed by atoms with van der Waals surface area (Å²) in [6, 6.07) is 15.0. The van der Waals surface area contributed by atoms with Crippen molar-refractivity contribution in [3.05, 3.63) is 71.9 Å². The summed E-state index contributed by atoms with van der Waals surface area (Å²) in [5.74, 6) is 2.45. The molecule has 1 aromatic carbocycles. The molecule has 19 heavy (non-hydrogen) atoms. The molecule has 1 aliphatic carbocycles. The van der Waals surface area contributed by atoms with E-state index in [0.717, 1.165) is 12.3 Å². The summed E-state index contributed by atoms with van der Waals surface area (Å²) in [6.45, 7) is 0. The van der Waals surface area contributed by atoms with Crippen LogP contribution in [0.1, 0.15) is 36.8 Å². The number of hydrogen-bond acceptors (Lipinski definition) is 1. The monoisotopic (exact) mass is 250 g/mol. The van der Waals surface area contributed by atoms with Crippen molar-refractivity contribution in [3.63, 3.8) is 0 Å². The maximum absolute atomic E-state index is 4.28. The summed E-state index contributed by atoms with van der Waals surface area (Å²) in [5, 5.41) is 0. The van der Waals surface area contributed by atoms with Gasteiger partial charge < -0.3 is 0 Å². The molecule has 1 aliphatic rings. The van der Waals surface area contributed by atoms with Crippen molar-refractivity contribution in [3.8, 4) is 0 Å². The molecule has 0 aliphatic heterocycles. The lowest BCUT2D eigenvalue weighted by atomic mass is 9.76. The number of aromatic nitrogens is 1. The predicted octanol–water partition coefficient (Wildman–Crippen LogP) is 4.44. The first-order chi connectivity index (χ1) is 9.42. The van der Waals surface area contributed by atoms with E-state index in [0.29, 0.717) is 0 Å². The zero-order valence-electron chi connectivity index (χ0n) is 11.3. The van der Waals surface area contributed by atoms with Crippen molar-refractivity contribution in [2.75, 3.05) is 0 Å². The standard InChI is InChI=1S/C18H20N/c1-2-6-15(7-3-1)12-18(13-16-8-4-9-16)17-10-5-11-19-14-17/h1-3,5-7,10-11,14,16H,4,8-9,12-13H2. The Morgan fingerprint density at radius 2 is 1.89 bits per heavy atom. The molecule has 0 N–H and O–H groups in total. The molecule has 1 nitrogen and oxygen atoms in total. The highest BCUT2D eigenvalue weighted by molar-refractivity contribution is 5.32. The zero-order valence-corrected chi connectivity index (χ0v) is 11.3. The normalized spacial score (nSPS) is 15.4. The molecule has 0 bridgehead atoms. The van der Waals surface area contributed by atoms with Gasteiger partial charge in [0.05, 0.1) is 0 Å². The minimum Gasteiger partial charge on any atom is -0.264 e. The third-order valence-corrected chi connectivity index (χ3v) is 4.09. The fourth-order valence-electron chi connectivity index (χ4n) is 2.75. The fraction of sp³-hybridized carbons (Fsp3) is 0.333. The predicted molar refractivity (Wildman–Crippen MR) is 78.7 cm³/mol. The molecule has 1 radical (unpaired) electrons. The van der Waals surface area contributed by atoms with Crippen molar-refractivity contribution < 1.29 is 0 Å². The number of rotatable bonds is 5. The van der Waals surface area contributed by atoms with Gasteiger partial charge in [0, 0.05) is 18.3 Å². The Bertz CT molecular complexity index is 488. The quantitative estimate of drug-likeness (QED) is 0.764. The Balaban J connectivity index is 1.75. The molecule has 1 aromatic heterocycles. The Morgan fingerprint density at radius 1 is 1.05 bits per heavy atom. The highest BCUT2D eigenvalue weighted by atomic mass is 14.6. The number of hydrogen-bond donors (Lipinski definition) is 0. The van der Waals surface area contributed by atoms with Gasteiger partial charge in [-0.05, 0) is 36.0 Å². The van der Waals surface area contributed by atoms with E-state index >= 15 is 0 Å². The van der Waals surface area contributed by atoms with Gasteiger partial charge in [-0.3, -0.25) is 4.98 Å². The van der Waals surface area contributed by atoms with Crippen LogP contribution >= 0.6 is 0 Å². The highest BCUT2D eigenvalue weighted by Crippen LogP contribution is 2.36. The maximum Gasteiger partial charge on any atom is 0.0305 e. The van der Waals surface area contributed by atoms with Gasteiger partial charge in [0.15, 0.2) is 0 Å². The van der Waals surface area contributed by atoms with Crippen LogP contribution in [-0.2, 0) is 6.42 Å². The van der Waals surface area contributed by atoms with E-state index in [1.165, 1.54) is 36.8 Å². The summed E-state index contributed by atoms with van der Waals surface area (Å²) < 4.78 is 0. The van der Waals surface area contributed by atoms with Crippen LogP contribution in [0.4, 0.5) is 0 Å². The fourth-order valence-corrected chi connectivity index (χ4v) is 2.75. The van der Waals surface area contributed by atoms with Crippen LogP contribution < -0.4 is 0 Å². The van der Waals surface area contributed by atoms with Crippen LogP contribution in [-0.4, -0.2) is 4.98 Å². The first-order valence-corrected chi connectivity index (χ1v) is 7.21. The van der Waals surface area contributed by atoms with Crippen molar-refractivity contribution >= 4 is 0 Å². The lowest BCUT2D eigenvalue weighted by Crippen LogP contribution is -2.17. The lowest BCUT2D eigenvalue weighted by Gasteiger charge is -2.29. The minimum atomic E-state index is 0.902. The third-order valence-electron chi connectivity index (χ3n) is 4.09. The van der Waals surface area contributed by atoms with Crippen LogP contribution in [0, 0.1) is 11.8 Å². The van der Waals surface area contributed by atoms with Crippen LogP contribution in [0.15, 0.2) is 54.9 Å². The molecule has 1 heterocycles. The first kappa shape index (κ1) is 12.4. The first-order valence-electron chi connectivity index (χ1n) is 7.21. The Morgan fingerprint density at radius 3 is 2.53 bits per heavy atom. The molecule has 1 heteroatoms. The summed E-state index contributed by atoms with van der Waals surface area (Å²) >= 11 is 0. The van der Waals surface area contributed by atoms with E-state index in [4.69, 9.17) is 0 Å². The molecular formula is C18H20N. The zero-order chi connectivity index (χ0) is 12.9. The molecule has 2 aromatic rings.